The van der Waals surface area contributed by atoms with Gasteiger partial charge in [-0.05, 0) is 30.0 Å². The predicted molar refractivity (Wildman–Crippen MR) is 80.5 cm³/mol. The highest BCUT2D eigenvalue weighted by atomic mass is 15.0. The van der Waals surface area contributed by atoms with Crippen molar-refractivity contribution >= 4 is 5.82 Å². The smallest absolute Gasteiger partial charge is 0.130 e. The van der Waals surface area contributed by atoms with Crippen molar-refractivity contribution in [3.63, 3.8) is 0 Å². The lowest BCUT2D eigenvalue weighted by Crippen LogP contribution is -2.05. The largest absolute Gasteiger partial charge is 0.366 e. The molecule has 1 aromatic heterocycles. The van der Waals surface area contributed by atoms with Crippen LogP contribution in [-0.4, -0.2) is 9.97 Å². The van der Waals surface area contributed by atoms with Crippen LogP contribution in [-0.2, 0) is 26.1 Å². The lowest BCUT2D eigenvalue weighted by molar-refractivity contribution is 0.764. The van der Waals surface area contributed by atoms with Gasteiger partial charge in [-0.1, -0.05) is 25.1 Å². The maximum absolute atomic E-state index is 4.43. The van der Waals surface area contributed by atoms with Gasteiger partial charge < -0.3 is 10.6 Å². The van der Waals surface area contributed by atoms with Crippen molar-refractivity contribution in [2.24, 2.45) is 0 Å². The van der Waals surface area contributed by atoms with Crippen LogP contribution in [0, 0.1) is 6.92 Å². The van der Waals surface area contributed by atoms with Gasteiger partial charge in [-0.25, -0.2) is 9.97 Å². The van der Waals surface area contributed by atoms with E-state index in [9.17, 15) is 0 Å². The topological polar surface area (TPSA) is 49.8 Å². The summed E-state index contributed by atoms with van der Waals surface area (Å²) < 4.78 is 0. The van der Waals surface area contributed by atoms with E-state index in [1.54, 1.807) is 0 Å². The first-order chi connectivity index (χ1) is 9.74. The molecule has 0 atom stereocenters. The summed E-state index contributed by atoms with van der Waals surface area (Å²) >= 11 is 0. The molecular weight excluding hydrogens is 248 g/mol. The van der Waals surface area contributed by atoms with Gasteiger partial charge in [0.25, 0.3) is 0 Å². The molecular formula is C16H20N4. The van der Waals surface area contributed by atoms with E-state index in [4.69, 9.17) is 0 Å². The molecule has 1 aliphatic rings. The van der Waals surface area contributed by atoms with Crippen LogP contribution >= 0.6 is 0 Å². The van der Waals surface area contributed by atoms with Crippen molar-refractivity contribution in [3.8, 4) is 0 Å². The van der Waals surface area contributed by atoms with E-state index in [1.165, 1.54) is 16.7 Å². The predicted octanol–water partition coefficient (Wildman–Crippen LogP) is 2.56. The minimum Gasteiger partial charge on any atom is -0.366 e. The molecule has 3 rings (SSSR count). The Bertz CT molecular complexity index is 622. The molecule has 0 bridgehead atoms. The van der Waals surface area contributed by atoms with E-state index in [0.717, 1.165) is 43.4 Å². The Labute approximate surface area is 119 Å². The molecule has 104 valence electrons. The maximum Gasteiger partial charge on any atom is 0.130 e. The number of nitrogens with one attached hydrogen (secondary N) is 2. The minimum absolute atomic E-state index is 0.798. The van der Waals surface area contributed by atoms with Gasteiger partial charge in [0.05, 0.1) is 0 Å². The van der Waals surface area contributed by atoms with Crippen molar-refractivity contribution in [3.05, 3.63) is 52.5 Å². The lowest BCUT2D eigenvalue weighted by Gasteiger charge is -2.09. The third-order valence-corrected chi connectivity index (χ3v) is 3.63. The summed E-state index contributed by atoms with van der Waals surface area (Å²) in [4.78, 5) is 8.83. The Morgan fingerprint density at radius 2 is 2.00 bits per heavy atom. The summed E-state index contributed by atoms with van der Waals surface area (Å²) in [6, 6.07) is 8.71. The summed E-state index contributed by atoms with van der Waals surface area (Å²) in [6.07, 6.45) is 0.933. The van der Waals surface area contributed by atoms with E-state index in [2.05, 4.69) is 45.7 Å². The number of fused-ring (bicyclic) bond motifs is 1. The lowest BCUT2D eigenvalue weighted by atomic mass is 10.1. The molecule has 20 heavy (non-hydrogen) atoms. The SMILES string of the molecule is CCc1cc(NCc2ccc3c(c2)CNC3)nc(C)n1. The summed E-state index contributed by atoms with van der Waals surface area (Å²) in [6.45, 7) is 6.82. The number of rotatable bonds is 4. The van der Waals surface area contributed by atoms with Gasteiger partial charge >= 0.3 is 0 Å². The fourth-order valence-corrected chi connectivity index (χ4v) is 2.55. The van der Waals surface area contributed by atoms with Crippen molar-refractivity contribution in [2.75, 3.05) is 5.32 Å². The number of nitrogens with zero attached hydrogens (tertiary/aromatic N) is 2. The third-order valence-electron chi connectivity index (χ3n) is 3.63. The van der Waals surface area contributed by atoms with Crippen LogP contribution in [0.15, 0.2) is 24.3 Å². The maximum atomic E-state index is 4.43. The second kappa shape index (κ2) is 5.59. The zero-order chi connectivity index (χ0) is 13.9. The van der Waals surface area contributed by atoms with Gasteiger partial charge in [0.15, 0.2) is 0 Å². The molecule has 2 heterocycles. The molecule has 0 saturated carbocycles. The molecule has 4 heteroatoms. The minimum atomic E-state index is 0.798. The molecule has 0 saturated heterocycles. The molecule has 0 radical (unpaired) electrons. The Hall–Kier alpha value is -1.94. The standard InChI is InChI=1S/C16H20N4/c1-3-15-7-16(20-11(2)19-15)18-8-12-4-5-13-9-17-10-14(13)6-12/h4-7,17H,3,8-10H2,1-2H3,(H,18,19,20). The number of anilines is 1. The summed E-state index contributed by atoms with van der Waals surface area (Å²) in [5.41, 5.74) is 5.21. The second-order valence-corrected chi connectivity index (χ2v) is 5.21. The fraction of sp³-hybridized carbons (Fsp3) is 0.375. The van der Waals surface area contributed by atoms with Gasteiger partial charge in [-0.3, -0.25) is 0 Å². The van der Waals surface area contributed by atoms with Crippen LogP contribution in [0.1, 0.15) is 35.1 Å². The van der Waals surface area contributed by atoms with E-state index in [-0.39, 0.29) is 0 Å². The summed E-state index contributed by atoms with van der Waals surface area (Å²) in [5.74, 6) is 1.73. The first-order valence-corrected chi connectivity index (χ1v) is 7.14. The van der Waals surface area contributed by atoms with E-state index >= 15 is 0 Å². The van der Waals surface area contributed by atoms with Crippen LogP contribution in [0.4, 0.5) is 5.82 Å². The first kappa shape index (κ1) is 13.1. The molecule has 0 spiro atoms. The number of hydrogen-bond donors (Lipinski definition) is 2. The molecule has 1 aromatic carbocycles. The second-order valence-electron chi connectivity index (χ2n) is 5.21. The Balaban J connectivity index is 1.71. The fourth-order valence-electron chi connectivity index (χ4n) is 2.55. The van der Waals surface area contributed by atoms with Crippen LogP contribution in [0.5, 0.6) is 0 Å². The molecule has 2 aromatic rings. The number of aryl methyl sites for hydroxylation is 2. The zero-order valence-electron chi connectivity index (χ0n) is 12.0. The average Bonchev–Trinajstić information content (AvgIpc) is 2.92. The van der Waals surface area contributed by atoms with Gasteiger partial charge in [0.2, 0.25) is 0 Å². The highest BCUT2D eigenvalue weighted by molar-refractivity contribution is 5.39. The monoisotopic (exact) mass is 268 g/mol. The number of benzene rings is 1. The van der Waals surface area contributed by atoms with Crippen molar-refractivity contribution in [2.45, 2.75) is 39.9 Å². The molecule has 0 fully saturated rings. The van der Waals surface area contributed by atoms with Crippen molar-refractivity contribution in [1.29, 1.82) is 0 Å². The normalized spacial score (nSPS) is 13.3. The highest BCUT2D eigenvalue weighted by Crippen LogP contribution is 2.18. The quantitative estimate of drug-likeness (QED) is 0.895. The summed E-state index contributed by atoms with van der Waals surface area (Å²) in [5, 5.41) is 6.77. The molecule has 2 N–H and O–H groups in total. The molecule has 0 unspecified atom stereocenters. The van der Waals surface area contributed by atoms with Gasteiger partial charge in [-0.2, -0.15) is 0 Å². The molecule has 0 aliphatic carbocycles. The van der Waals surface area contributed by atoms with Gasteiger partial charge in [0.1, 0.15) is 11.6 Å². The number of hydrogen-bond acceptors (Lipinski definition) is 4. The Morgan fingerprint density at radius 3 is 2.85 bits per heavy atom. The zero-order valence-corrected chi connectivity index (χ0v) is 12.0. The average molecular weight is 268 g/mol. The highest BCUT2D eigenvalue weighted by Gasteiger charge is 2.10. The molecule has 1 aliphatic heterocycles. The van der Waals surface area contributed by atoms with E-state index in [0.29, 0.717) is 0 Å². The third kappa shape index (κ3) is 2.80. The van der Waals surface area contributed by atoms with Crippen LogP contribution in [0.3, 0.4) is 0 Å². The number of aromatic nitrogens is 2. The van der Waals surface area contributed by atoms with Crippen molar-refractivity contribution < 1.29 is 0 Å². The van der Waals surface area contributed by atoms with Crippen molar-refractivity contribution in [1.82, 2.24) is 15.3 Å². The van der Waals surface area contributed by atoms with Crippen LogP contribution < -0.4 is 10.6 Å². The van der Waals surface area contributed by atoms with Crippen LogP contribution in [0.2, 0.25) is 0 Å². The first-order valence-electron chi connectivity index (χ1n) is 7.14. The van der Waals surface area contributed by atoms with Gasteiger partial charge in [0, 0.05) is 31.4 Å². The van der Waals surface area contributed by atoms with Gasteiger partial charge in [-0.15, -0.1) is 0 Å². The molecule has 4 nitrogen and oxygen atoms in total. The Morgan fingerprint density at radius 1 is 1.15 bits per heavy atom. The molecule has 0 amide bonds. The summed E-state index contributed by atoms with van der Waals surface area (Å²) in [7, 11) is 0. The Kier molecular flexibility index (Phi) is 3.65. The van der Waals surface area contributed by atoms with Crippen LogP contribution in [0.25, 0.3) is 0 Å². The van der Waals surface area contributed by atoms with E-state index in [1.807, 2.05) is 13.0 Å². The van der Waals surface area contributed by atoms with E-state index < -0.39 is 0 Å².